The molecular formula is C36H42O2. The van der Waals surface area contributed by atoms with Crippen LogP contribution in [0.4, 0.5) is 0 Å². The fourth-order valence-corrected chi connectivity index (χ4v) is 5.89. The van der Waals surface area contributed by atoms with Gasteiger partial charge in [0, 0.05) is 5.41 Å². The van der Waals surface area contributed by atoms with Crippen LogP contribution in [0.1, 0.15) is 85.6 Å². The maximum Gasteiger partial charge on any atom is 0.121 e. The maximum atomic E-state index is 10.2. The number of aromatic hydroxyl groups is 2. The normalized spacial score (nSPS) is 11.5. The number of phenols is 2. The minimum absolute atomic E-state index is 0.139. The molecule has 38 heavy (non-hydrogen) atoms. The van der Waals surface area contributed by atoms with Gasteiger partial charge in [-0.3, -0.25) is 0 Å². The molecule has 2 nitrogen and oxygen atoms in total. The van der Waals surface area contributed by atoms with E-state index in [0.717, 1.165) is 36.8 Å². The van der Waals surface area contributed by atoms with Crippen molar-refractivity contribution in [2.75, 3.05) is 0 Å². The summed E-state index contributed by atoms with van der Waals surface area (Å²) in [6, 6.07) is 36.4. The molecule has 0 saturated heterocycles. The van der Waals surface area contributed by atoms with Crippen molar-refractivity contribution in [2.45, 2.75) is 76.5 Å². The van der Waals surface area contributed by atoms with Crippen molar-refractivity contribution in [3.05, 3.63) is 131 Å². The summed E-state index contributed by atoms with van der Waals surface area (Å²) in [7, 11) is 0. The van der Waals surface area contributed by atoms with Crippen LogP contribution >= 0.6 is 0 Å². The SMILES string of the molecule is Cc1cc(O)cc(CCCCCCCCCCC(c2ccccc2)(c2ccccc2)c2ccccc2)c1O. The summed E-state index contributed by atoms with van der Waals surface area (Å²) in [5.41, 5.74) is 5.57. The maximum absolute atomic E-state index is 10.2. The summed E-state index contributed by atoms with van der Waals surface area (Å²) >= 11 is 0. The molecule has 0 unspecified atom stereocenters. The van der Waals surface area contributed by atoms with Gasteiger partial charge in [0.25, 0.3) is 0 Å². The van der Waals surface area contributed by atoms with E-state index in [-0.39, 0.29) is 11.2 Å². The van der Waals surface area contributed by atoms with Gasteiger partial charge < -0.3 is 10.2 Å². The zero-order valence-electron chi connectivity index (χ0n) is 22.8. The molecule has 4 rings (SSSR count). The van der Waals surface area contributed by atoms with Gasteiger partial charge in [-0.15, -0.1) is 0 Å². The van der Waals surface area contributed by atoms with Gasteiger partial charge in [0.15, 0.2) is 0 Å². The van der Waals surface area contributed by atoms with Crippen LogP contribution in [-0.2, 0) is 11.8 Å². The molecule has 2 heteroatoms. The number of hydrogen-bond acceptors (Lipinski definition) is 2. The fourth-order valence-electron chi connectivity index (χ4n) is 5.89. The third kappa shape index (κ3) is 6.86. The van der Waals surface area contributed by atoms with Crippen molar-refractivity contribution in [1.82, 2.24) is 0 Å². The molecule has 0 saturated carbocycles. The largest absolute Gasteiger partial charge is 0.508 e. The highest BCUT2D eigenvalue weighted by atomic mass is 16.3. The van der Waals surface area contributed by atoms with Crippen molar-refractivity contribution >= 4 is 0 Å². The second-order valence-electron chi connectivity index (χ2n) is 10.6. The van der Waals surface area contributed by atoms with Crippen LogP contribution in [0.15, 0.2) is 103 Å². The van der Waals surface area contributed by atoms with E-state index in [1.54, 1.807) is 12.1 Å². The summed E-state index contributed by atoms with van der Waals surface area (Å²) in [6.07, 6.45) is 11.6. The Hall–Kier alpha value is -3.52. The lowest BCUT2D eigenvalue weighted by Gasteiger charge is -2.36. The predicted octanol–water partition coefficient (Wildman–Crippen LogP) is 9.49. The van der Waals surface area contributed by atoms with Crippen LogP contribution in [0, 0.1) is 6.92 Å². The van der Waals surface area contributed by atoms with E-state index in [1.807, 2.05) is 6.92 Å². The Morgan fingerprint density at radius 1 is 0.526 bits per heavy atom. The van der Waals surface area contributed by atoms with Crippen molar-refractivity contribution in [1.29, 1.82) is 0 Å². The second-order valence-corrected chi connectivity index (χ2v) is 10.6. The smallest absolute Gasteiger partial charge is 0.121 e. The van der Waals surface area contributed by atoms with E-state index in [4.69, 9.17) is 0 Å². The zero-order chi connectivity index (χ0) is 26.6. The van der Waals surface area contributed by atoms with Gasteiger partial charge in [-0.2, -0.15) is 0 Å². The molecule has 4 aromatic rings. The number of aryl methyl sites for hydroxylation is 2. The van der Waals surface area contributed by atoms with Crippen molar-refractivity contribution < 1.29 is 10.2 Å². The minimum Gasteiger partial charge on any atom is -0.508 e. The minimum atomic E-state index is -0.139. The highest BCUT2D eigenvalue weighted by Crippen LogP contribution is 2.43. The Bertz CT molecular complexity index is 1140. The van der Waals surface area contributed by atoms with Crippen LogP contribution < -0.4 is 0 Å². The monoisotopic (exact) mass is 506 g/mol. The van der Waals surface area contributed by atoms with Crippen molar-refractivity contribution in [3.63, 3.8) is 0 Å². The quantitative estimate of drug-likeness (QED) is 0.102. The molecule has 0 aromatic heterocycles. The third-order valence-corrected chi connectivity index (χ3v) is 7.91. The Balaban J connectivity index is 1.28. The number of unbranched alkanes of at least 4 members (excludes halogenated alkanes) is 7. The molecule has 0 atom stereocenters. The molecule has 0 heterocycles. The first-order valence-corrected chi connectivity index (χ1v) is 14.3. The van der Waals surface area contributed by atoms with Gasteiger partial charge in [-0.25, -0.2) is 0 Å². The Labute approximate surface area is 229 Å². The van der Waals surface area contributed by atoms with E-state index >= 15 is 0 Å². The fraction of sp³-hybridized carbons (Fsp3) is 0.333. The summed E-state index contributed by atoms with van der Waals surface area (Å²) in [6.45, 7) is 1.84. The third-order valence-electron chi connectivity index (χ3n) is 7.91. The molecular weight excluding hydrogens is 464 g/mol. The molecule has 0 bridgehead atoms. The molecule has 0 aliphatic heterocycles. The van der Waals surface area contributed by atoms with Gasteiger partial charge in [0.2, 0.25) is 0 Å². The molecule has 0 aliphatic carbocycles. The van der Waals surface area contributed by atoms with Gasteiger partial charge in [-0.05, 0) is 66.1 Å². The van der Waals surface area contributed by atoms with E-state index < -0.39 is 0 Å². The van der Waals surface area contributed by atoms with E-state index in [2.05, 4.69) is 91.0 Å². The summed E-state index contributed by atoms with van der Waals surface area (Å²) in [5.74, 6) is 0.575. The standard InChI is InChI=1S/C36H42O2/c1-29-27-34(37)28-30(35(29)38)19-11-6-4-2-3-5-7-18-26-36(31-20-12-8-13-21-31,32-22-14-9-15-23-32)33-24-16-10-17-25-33/h8-10,12-17,20-25,27-28,37-38H,2-7,11,18-19,26H2,1H3. The molecule has 2 N–H and O–H groups in total. The Morgan fingerprint density at radius 3 is 1.42 bits per heavy atom. The number of phenolic OH excluding ortho intramolecular Hbond substituents is 2. The highest BCUT2D eigenvalue weighted by molar-refractivity contribution is 5.50. The lowest BCUT2D eigenvalue weighted by atomic mass is 9.66. The second kappa shape index (κ2) is 13.9. The first kappa shape index (κ1) is 27.5. The van der Waals surface area contributed by atoms with E-state index in [9.17, 15) is 10.2 Å². The lowest BCUT2D eigenvalue weighted by molar-refractivity contribution is 0.448. The molecule has 0 radical (unpaired) electrons. The number of hydrogen-bond donors (Lipinski definition) is 2. The zero-order valence-corrected chi connectivity index (χ0v) is 22.8. The molecule has 0 amide bonds. The predicted molar refractivity (Wildman–Crippen MR) is 159 cm³/mol. The summed E-state index contributed by atoms with van der Waals surface area (Å²) in [5, 5.41) is 20.0. The number of rotatable bonds is 14. The summed E-state index contributed by atoms with van der Waals surface area (Å²) in [4.78, 5) is 0. The molecule has 0 fully saturated rings. The average Bonchev–Trinajstić information content (AvgIpc) is 2.96. The van der Waals surface area contributed by atoms with Gasteiger partial charge in [0.1, 0.15) is 11.5 Å². The van der Waals surface area contributed by atoms with Gasteiger partial charge in [-0.1, -0.05) is 136 Å². The van der Waals surface area contributed by atoms with Crippen LogP contribution in [0.5, 0.6) is 11.5 Å². The van der Waals surface area contributed by atoms with Gasteiger partial charge >= 0.3 is 0 Å². The topological polar surface area (TPSA) is 40.5 Å². The summed E-state index contributed by atoms with van der Waals surface area (Å²) < 4.78 is 0. The first-order valence-electron chi connectivity index (χ1n) is 14.3. The molecule has 4 aromatic carbocycles. The van der Waals surface area contributed by atoms with Crippen LogP contribution in [0.25, 0.3) is 0 Å². The van der Waals surface area contributed by atoms with E-state index in [0.29, 0.717) is 5.75 Å². The van der Waals surface area contributed by atoms with Crippen molar-refractivity contribution in [3.8, 4) is 11.5 Å². The van der Waals surface area contributed by atoms with Crippen molar-refractivity contribution in [2.24, 2.45) is 0 Å². The molecule has 0 aliphatic rings. The van der Waals surface area contributed by atoms with Crippen LogP contribution in [0.3, 0.4) is 0 Å². The van der Waals surface area contributed by atoms with Crippen LogP contribution in [0.2, 0.25) is 0 Å². The van der Waals surface area contributed by atoms with E-state index in [1.165, 1.54) is 55.2 Å². The Morgan fingerprint density at radius 2 is 0.947 bits per heavy atom. The first-order chi connectivity index (χ1) is 18.6. The lowest BCUT2D eigenvalue weighted by Crippen LogP contribution is -2.29. The van der Waals surface area contributed by atoms with Gasteiger partial charge in [0.05, 0.1) is 0 Å². The van der Waals surface area contributed by atoms with Crippen LogP contribution in [-0.4, -0.2) is 10.2 Å². The molecule has 0 spiro atoms. The molecule has 198 valence electrons. The highest BCUT2D eigenvalue weighted by Gasteiger charge is 2.35. The number of benzene rings is 4. The Kier molecular flexibility index (Phi) is 10.0. The average molecular weight is 507 g/mol.